The smallest absolute Gasteiger partial charge is 0.243 e. The summed E-state index contributed by atoms with van der Waals surface area (Å²) in [5, 5.41) is 3.24. The van der Waals surface area contributed by atoms with Crippen molar-refractivity contribution in [1.29, 1.82) is 0 Å². The second-order valence-corrected chi connectivity index (χ2v) is 9.68. The zero-order valence-electron chi connectivity index (χ0n) is 16.9. The molecular weight excluding hydrogens is 374 g/mol. The van der Waals surface area contributed by atoms with E-state index >= 15 is 0 Å². The molecule has 1 amide bonds. The van der Waals surface area contributed by atoms with Gasteiger partial charge in [-0.25, -0.2) is 8.42 Å². The lowest BCUT2D eigenvalue weighted by atomic mass is 9.95. The number of hydrogen-bond acceptors (Lipinski definition) is 4. The van der Waals surface area contributed by atoms with Crippen molar-refractivity contribution in [2.24, 2.45) is 0 Å². The molecule has 0 aromatic heterocycles. The van der Waals surface area contributed by atoms with Crippen LogP contribution in [-0.4, -0.2) is 62.3 Å². The SMILES string of the molecule is CCc1ccc(S(=O)(=O)N(CCC(=O)N2CCNCC2)C2CCCCC2)cc1. The topological polar surface area (TPSA) is 69.7 Å². The highest BCUT2D eigenvalue weighted by atomic mass is 32.2. The highest BCUT2D eigenvalue weighted by molar-refractivity contribution is 7.89. The second-order valence-electron chi connectivity index (χ2n) is 7.79. The van der Waals surface area contributed by atoms with E-state index in [1.807, 2.05) is 17.0 Å². The number of benzene rings is 1. The van der Waals surface area contributed by atoms with Crippen LogP contribution in [0.3, 0.4) is 0 Å². The van der Waals surface area contributed by atoms with Crippen LogP contribution >= 0.6 is 0 Å². The lowest BCUT2D eigenvalue weighted by Crippen LogP contribution is -2.48. The van der Waals surface area contributed by atoms with Gasteiger partial charge in [0, 0.05) is 45.2 Å². The number of hydrogen-bond donors (Lipinski definition) is 1. The van der Waals surface area contributed by atoms with Crippen LogP contribution in [-0.2, 0) is 21.2 Å². The summed E-state index contributed by atoms with van der Waals surface area (Å²) in [7, 11) is -3.60. The summed E-state index contributed by atoms with van der Waals surface area (Å²) in [5.74, 6) is 0.0545. The van der Waals surface area contributed by atoms with Crippen LogP contribution in [0.4, 0.5) is 0 Å². The number of carbonyl (C=O) groups is 1. The van der Waals surface area contributed by atoms with Crippen molar-refractivity contribution in [3.8, 4) is 0 Å². The van der Waals surface area contributed by atoms with Crippen LogP contribution < -0.4 is 5.32 Å². The monoisotopic (exact) mass is 407 g/mol. The number of amides is 1. The molecule has 7 heteroatoms. The predicted octanol–water partition coefficient (Wildman–Crippen LogP) is 2.39. The fourth-order valence-electron chi connectivity index (χ4n) is 4.18. The highest BCUT2D eigenvalue weighted by Crippen LogP contribution is 2.28. The minimum Gasteiger partial charge on any atom is -0.340 e. The summed E-state index contributed by atoms with van der Waals surface area (Å²) in [6.45, 7) is 5.34. The lowest BCUT2D eigenvalue weighted by molar-refractivity contribution is -0.131. The summed E-state index contributed by atoms with van der Waals surface area (Å²) in [6, 6.07) is 7.19. The first-order valence-electron chi connectivity index (χ1n) is 10.6. The van der Waals surface area contributed by atoms with Crippen LogP contribution in [0.5, 0.6) is 0 Å². The van der Waals surface area contributed by atoms with Gasteiger partial charge < -0.3 is 10.2 Å². The molecule has 0 bridgehead atoms. The Balaban J connectivity index is 1.76. The number of sulfonamides is 1. The Hall–Kier alpha value is -1.44. The predicted molar refractivity (Wildman–Crippen MR) is 111 cm³/mol. The second kappa shape index (κ2) is 9.85. The van der Waals surface area contributed by atoms with E-state index in [-0.39, 0.29) is 24.9 Å². The van der Waals surface area contributed by atoms with Crippen molar-refractivity contribution < 1.29 is 13.2 Å². The van der Waals surface area contributed by atoms with Gasteiger partial charge in [-0.2, -0.15) is 4.31 Å². The third-order valence-corrected chi connectivity index (χ3v) is 7.90. The van der Waals surface area contributed by atoms with Crippen molar-refractivity contribution in [3.63, 3.8) is 0 Å². The molecular formula is C21H33N3O3S. The van der Waals surface area contributed by atoms with E-state index in [4.69, 9.17) is 0 Å². The van der Waals surface area contributed by atoms with Gasteiger partial charge in [0.2, 0.25) is 15.9 Å². The maximum absolute atomic E-state index is 13.4. The van der Waals surface area contributed by atoms with Gasteiger partial charge >= 0.3 is 0 Å². The first-order chi connectivity index (χ1) is 13.5. The molecule has 1 aliphatic heterocycles. The van der Waals surface area contributed by atoms with Crippen molar-refractivity contribution >= 4 is 15.9 Å². The van der Waals surface area contributed by atoms with Crippen LogP contribution in [0.25, 0.3) is 0 Å². The van der Waals surface area contributed by atoms with Gasteiger partial charge in [0.15, 0.2) is 0 Å². The fourth-order valence-corrected chi connectivity index (χ4v) is 5.86. The van der Waals surface area contributed by atoms with Crippen molar-refractivity contribution in [2.45, 2.75) is 62.8 Å². The highest BCUT2D eigenvalue weighted by Gasteiger charge is 2.33. The van der Waals surface area contributed by atoms with E-state index in [1.54, 1.807) is 16.4 Å². The summed E-state index contributed by atoms with van der Waals surface area (Å²) in [4.78, 5) is 14.8. The first kappa shape index (κ1) is 21.3. The molecule has 0 spiro atoms. The van der Waals surface area contributed by atoms with E-state index < -0.39 is 10.0 Å². The minimum atomic E-state index is -3.60. The summed E-state index contributed by atoms with van der Waals surface area (Å²) in [6.07, 6.45) is 6.17. The fraction of sp³-hybridized carbons (Fsp3) is 0.667. The van der Waals surface area contributed by atoms with E-state index in [0.717, 1.165) is 57.2 Å². The van der Waals surface area contributed by atoms with Crippen LogP contribution in [0.15, 0.2) is 29.2 Å². The molecule has 1 N–H and O–H groups in total. The summed E-state index contributed by atoms with van der Waals surface area (Å²) >= 11 is 0. The molecule has 0 radical (unpaired) electrons. The third kappa shape index (κ3) is 5.13. The molecule has 1 aromatic carbocycles. The van der Waals surface area contributed by atoms with Gasteiger partial charge in [-0.3, -0.25) is 4.79 Å². The number of piperazine rings is 1. The number of carbonyl (C=O) groups excluding carboxylic acids is 1. The molecule has 28 heavy (non-hydrogen) atoms. The number of nitrogens with one attached hydrogen (secondary N) is 1. The molecule has 0 atom stereocenters. The Morgan fingerprint density at radius 3 is 2.36 bits per heavy atom. The average molecular weight is 408 g/mol. The van der Waals surface area contributed by atoms with E-state index in [1.165, 1.54) is 0 Å². The molecule has 1 aliphatic carbocycles. The van der Waals surface area contributed by atoms with Crippen molar-refractivity contribution in [1.82, 2.24) is 14.5 Å². The Labute approximate surface area is 169 Å². The molecule has 156 valence electrons. The molecule has 1 saturated heterocycles. The van der Waals surface area contributed by atoms with E-state index in [2.05, 4.69) is 12.2 Å². The molecule has 1 heterocycles. The van der Waals surface area contributed by atoms with Gasteiger partial charge in [0.1, 0.15) is 0 Å². The Morgan fingerprint density at radius 2 is 1.75 bits per heavy atom. The molecule has 1 aromatic rings. The van der Waals surface area contributed by atoms with E-state index in [0.29, 0.717) is 18.0 Å². The first-order valence-corrected chi connectivity index (χ1v) is 12.1. The molecule has 0 unspecified atom stereocenters. The summed E-state index contributed by atoms with van der Waals surface area (Å²) in [5.41, 5.74) is 1.12. The van der Waals surface area contributed by atoms with Gasteiger partial charge in [0.05, 0.1) is 4.90 Å². The Morgan fingerprint density at radius 1 is 1.11 bits per heavy atom. The molecule has 3 rings (SSSR count). The molecule has 2 aliphatic rings. The normalized spacial score (nSPS) is 19.1. The van der Waals surface area contributed by atoms with Crippen molar-refractivity contribution in [3.05, 3.63) is 29.8 Å². The zero-order valence-corrected chi connectivity index (χ0v) is 17.7. The quantitative estimate of drug-likeness (QED) is 0.754. The minimum absolute atomic E-state index is 0.000393. The van der Waals surface area contributed by atoms with Gasteiger partial charge in [0.25, 0.3) is 0 Å². The summed E-state index contributed by atoms with van der Waals surface area (Å²) < 4.78 is 28.4. The van der Waals surface area contributed by atoms with Gasteiger partial charge in [-0.15, -0.1) is 0 Å². The van der Waals surface area contributed by atoms with Crippen LogP contribution in [0.1, 0.15) is 51.0 Å². The lowest BCUT2D eigenvalue weighted by Gasteiger charge is -2.34. The third-order valence-electron chi connectivity index (χ3n) is 5.94. The van der Waals surface area contributed by atoms with Crippen LogP contribution in [0, 0.1) is 0 Å². The van der Waals surface area contributed by atoms with Gasteiger partial charge in [-0.05, 0) is 37.0 Å². The van der Waals surface area contributed by atoms with Crippen LogP contribution in [0.2, 0.25) is 0 Å². The number of aryl methyl sites for hydroxylation is 1. The van der Waals surface area contributed by atoms with E-state index in [9.17, 15) is 13.2 Å². The average Bonchev–Trinajstić information content (AvgIpc) is 2.75. The number of nitrogens with zero attached hydrogens (tertiary/aromatic N) is 2. The maximum Gasteiger partial charge on any atom is 0.243 e. The standard InChI is InChI=1S/C21H33N3O3S/c1-2-18-8-10-20(11-9-18)28(26,27)24(19-6-4-3-5-7-19)15-12-21(25)23-16-13-22-14-17-23/h8-11,19,22H,2-7,12-17H2,1H3. The van der Waals surface area contributed by atoms with Gasteiger partial charge in [-0.1, -0.05) is 38.3 Å². The maximum atomic E-state index is 13.4. The zero-order chi connectivity index (χ0) is 20.0. The van der Waals surface area contributed by atoms with Crippen molar-refractivity contribution in [2.75, 3.05) is 32.7 Å². The largest absolute Gasteiger partial charge is 0.340 e. The molecule has 6 nitrogen and oxygen atoms in total. The Bertz CT molecular complexity index is 737. The molecule has 2 fully saturated rings. The Kier molecular flexibility index (Phi) is 7.48. The molecule has 1 saturated carbocycles. The number of rotatable bonds is 7.